The minimum atomic E-state index is -3.81. The highest BCUT2D eigenvalue weighted by Gasteiger charge is 2.39. The number of hydrogen-bond donors (Lipinski definition) is 1. The van der Waals surface area contributed by atoms with Crippen LogP contribution in [0.3, 0.4) is 0 Å². The molecule has 18 heavy (non-hydrogen) atoms. The molecule has 1 N–H and O–H groups in total. The molecule has 0 saturated carbocycles. The van der Waals surface area contributed by atoms with Crippen molar-refractivity contribution in [1.82, 2.24) is 14.5 Å². The number of nitrogens with zero attached hydrogens (tertiary/aromatic N) is 2. The first kappa shape index (κ1) is 13.8. The molecule has 102 valence electrons. The predicted octanol–water partition coefficient (Wildman–Crippen LogP) is -0.897. The molecular weight excluding hydrogens is 302 g/mol. The van der Waals surface area contributed by atoms with Crippen molar-refractivity contribution < 1.29 is 16.8 Å². The van der Waals surface area contributed by atoms with E-state index in [2.05, 4.69) is 9.82 Å². The number of sulfonamides is 1. The fourth-order valence-corrected chi connectivity index (χ4v) is 5.93. The second-order valence-corrected chi connectivity index (χ2v) is 8.49. The van der Waals surface area contributed by atoms with Crippen molar-refractivity contribution in [3.8, 4) is 0 Å². The van der Waals surface area contributed by atoms with E-state index < -0.39 is 31.3 Å². The van der Waals surface area contributed by atoms with Gasteiger partial charge in [0.15, 0.2) is 14.9 Å². The standard InChI is InChI=1S/C8H12ClN3O4S2/c1-12-8(2-3-10-12)18(15,16)11-7-5-17(13,14)4-6(7)9/h2-3,6-7,11H,4-5H2,1H3. The highest BCUT2D eigenvalue weighted by Crippen LogP contribution is 2.20. The van der Waals surface area contributed by atoms with Crippen LogP contribution < -0.4 is 4.72 Å². The summed E-state index contributed by atoms with van der Waals surface area (Å²) in [5.41, 5.74) is 0. The Morgan fingerprint density at radius 1 is 1.50 bits per heavy atom. The van der Waals surface area contributed by atoms with Gasteiger partial charge in [0.25, 0.3) is 10.0 Å². The quantitative estimate of drug-likeness (QED) is 0.729. The maximum atomic E-state index is 12.0. The summed E-state index contributed by atoms with van der Waals surface area (Å²) in [6, 6.07) is 0.520. The van der Waals surface area contributed by atoms with Gasteiger partial charge in [0, 0.05) is 7.05 Å². The van der Waals surface area contributed by atoms with Gasteiger partial charge in [0.2, 0.25) is 0 Å². The van der Waals surface area contributed by atoms with Crippen LogP contribution >= 0.6 is 11.6 Å². The van der Waals surface area contributed by atoms with Gasteiger partial charge in [-0.1, -0.05) is 0 Å². The van der Waals surface area contributed by atoms with Gasteiger partial charge in [0.05, 0.1) is 29.1 Å². The molecule has 1 fully saturated rings. The van der Waals surface area contributed by atoms with Crippen LogP contribution in [0.15, 0.2) is 17.3 Å². The van der Waals surface area contributed by atoms with Crippen molar-refractivity contribution in [2.45, 2.75) is 16.4 Å². The van der Waals surface area contributed by atoms with E-state index in [1.165, 1.54) is 24.0 Å². The Balaban J connectivity index is 2.23. The van der Waals surface area contributed by atoms with Gasteiger partial charge in [-0.3, -0.25) is 4.68 Å². The molecule has 2 heterocycles. The van der Waals surface area contributed by atoms with Gasteiger partial charge < -0.3 is 0 Å². The first-order valence-electron chi connectivity index (χ1n) is 5.06. The van der Waals surface area contributed by atoms with Gasteiger partial charge in [-0.25, -0.2) is 21.6 Å². The van der Waals surface area contributed by atoms with Crippen molar-refractivity contribution >= 4 is 31.5 Å². The second-order valence-electron chi connectivity index (χ2n) is 4.11. The SMILES string of the molecule is Cn1nccc1S(=O)(=O)NC1CS(=O)(=O)CC1Cl. The molecule has 0 radical (unpaired) electrons. The summed E-state index contributed by atoms with van der Waals surface area (Å²) in [5, 5.41) is 2.97. The molecule has 1 aromatic rings. The third-order valence-electron chi connectivity index (χ3n) is 2.64. The highest BCUT2D eigenvalue weighted by atomic mass is 35.5. The largest absolute Gasteiger partial charge is 0.258 e. The van der Waals surface area contributed by atoms with Crippen LogP contribution in [0, 0.1) is 0 Å². The summed E-state index contributed by atoms with van der Waals surface area (Å²) >= 11 is 5.84. The zero-order valence-corrected chi connectivity index (χ0v) is 11.8. The number of alkyl halides is 1. The summed E-state index contributed by atoms with van der Waals surface area (Å²) in [5.74, 6) is -0.495. The molecule has 0 amide bonds. The molecule has 7 nitrogen and oxygen atoms in total. The molecule has 0 bridgehead atoms. The summed E-state index contributed by atoms with van der Waals surface area (Å²) in [4.78, 5) is 0. The number of rotatable bonds is 3. The average molecular weight is 314 g/mol. The van der Waals surface area contributed by atoms with Gasteiger partial charge in [-0.2, -0.15) is 5.10 Å². The average Bonchev–Trinajstić information content (AvgIpc) is 2.71. The number of aromatic nitrogens is 2. The third kappa shape index (κ3) is 2.68. The van der Waals surface area contributed by atoms with E-state index in [1.54, 1.807) is 0 Å². The molecule has 0 aliphatic carbocycles. The van der Waals surface area contributed by atoms with E-state index in [1.807, 2.05) is 0 Å². The normalized spacial score (nSPS) is 27.4. The van der Waals surface area contributed by atoms with Crippen LogP contribution in [0.5, 0.6) is 0 Å². The number of sulfone groups is 1. The lowest BCUT2D eigenvalue weighted by atomic mass is 10.3. The van der Waals surface area contributed by atoms with Crippen LogP contribution in [-0.4, -0.2) is 49.5 Å². The van der Waals surface area contributed by atoms with Crippen LogP contribution in [0.25, 0.3) is 0 Å². The fraction of sp³-hybridized carbons (Fsp3) is 0.625. The lowest BCUT2D eigenvalue weighted by molar-refractivity contribution is 0.547. The van der Waals surface area contributed by atoms with Crippen molar-refractivity contribution in [3.05, 3.63) is 12.3 Å². The summed E-state index contributed by atoms with van der Waals surface area (Å²) in [6.45, 7) is 0. The third-order valence-corrected chi connectivity index (χ3v) is 6.58. The molecule has 2 atom stereocenters. The molecule has 10 heteroatoms. The molecular formula is C8H12ClN3O4S2. The Bertz CT molecular complexity index is 652. The lowest BCUT2D eigenvalue weighted by Gasteiger charge is -2.14. The van der Waals surface area contributed by atoms with E-state index >= 15 is 0 Å². The summed E-state index contributed by atoms with van der Waals surface area (Å²) in [7, 11) is -5.61. The first-order chi connectivity index (χ1) is 8.21. The van der Waals surface area contributed by atoms with Gasteiger partial charge >= 0.3 is 0 Å². The molecule has 1 saturated heterocycles. The molecule has 0 aromatic carbocycles. The van der Waals surface area contributed by atoms with E-state index in [9.17, 15) is 16.8 Å². The Morgan fingerprint density at radius 3 is 2.61 bits per heavy atom. The number of aryl methyl sites for hydroxylation is 1. The maximum absolute atomic E-state index is 12.0. The molecule has 0 spiro atoms. The van der Waals surface area contributed by atoms with Gasteiger partial charge in [-0.15, -0.1) is 11.6 Å². The minimum absolute atomic E-state index is 0.0318. The first-order valence-corrected chi connectivity index (χ1v) is 8.80. The number of halogens is 1. The van der Waals surface area contributed by atoms with Gasteiger partial charge in [0.1, 0.15) is 0 Å². The predicted molar refractivity (Wildman–Crippen MR) is 65.6 cm³/mol. The van der Waals surface area contributed by atoms with Crippen LogP contribution in [-0.2, 0) is 26.9 Å². The van der Waals surface area contributed by atoms with Gasteiger partial charge in [-0.05, 0) is 6.07 Å². The molecule has 2 unspecified atom stereocenters. The Labute approximate surface area is 110 Å². The summed E-state index contributed by atoms with van der Waals surface area (Å²) in [6.07, 6.45) is 1.35. The topological polar surface area (TPSA) is 98.1 Å². The summed E-state index contributed by atoms with van der Waals surface area (Å²) < 4.78 is 50.2. The second kappa shape index (κ2) is 4.48. The Morgan fingerprint density at radius 2 is 2.17 bits per heavy atom. The van der Waals surface area contributed by atoms with Crippen molar-refractivity contribution in [2.24, 2.45) is 7.05 Å². The number of nitrogens with one attached hydrogen (secondary N) is 1. The molecule has 1 aliphatic heterocycles. The molecule has 2 rings (SSSR count). The van der Waals surface area contributed by atoms with Crippen molar-refractivity contribution in [3.63, 3.8) is 0 Å². The van der Waals surface area contributed by atoms with Crippen LogP contribution in [0.4, 0.5) is 0 Å². The fourth-order valence-electron chi connectivity index (χ4n) is 1.80. The van der Waals surface area contributed by atoms with Crippen molar-refractivity contribution in [1.29, 1.82) is 0 Å². The molecule has 1 aromatic heterocycles. The zero-order valence-electron chi connectivity index (χ0n) is 9.45. The Kier molecular flexibility index (Phi) is 3.43. The maximum Gasteiger partial charge on any atom is 0.258 e. The lowest BCUT2D eigenvalue weighted by Crippen LogP contribution is -2.41. The monoisotopic (exact) mass is 313 g/mol. The van der Waals surface area contributed by atoms with E-state index in [0.29, 0.717) is 0 Å². The van der Waals surface area contributed by atoms with E-state index in [0.717, 1.165) is 0 Å². The highest BCUT2D eigenvalue weighted by molar-refractivity contribution is 7.92. The van der Waals surface area contributed by atoms with Crippen LogP contribution in [0.2, 0.25) is 0 Å². The van der Waals surface area contributed by atoms with Crippen molar-refractivity contribution in [2.75, 3.05) is 11.5 Å². The van der Waals surface area contributed by atoms with E-state index in [-0.39, 0.29) is 16.5 Å². The zero-order chi connectivity index (χ0) is 13.6. The smallest absolute Gasteiger partial charge is 0.256 e. The molecule has 1 aliphatic rings. The Hall–Kier alpha value is -0.640. The van der Waals surface area contributed by atoms with E-state index in [4.69, 9.17) is 11.6 Å². The minimum Gasteiger partial charge on any atom is -0.256 e. The van der Waals surface area contributed by atoms with Crippen LogP contribution in [0.1, 0.15) is 0 Å². The number of hydrogen-bond acceptors (Lipinski definition) is 5.